The molecule has 0 aliphatic carbocycles. The number of amides is 1. The lowest BCUT2D eigenvalue weighted by Crippen LogP contribution is -2.25. The van der Waals surface area contributed by atoms with E-state index in [0.717, 1.165) is 6.42 Å². The molecule has 0 bridgehead atoms. The molecule has 0 aliphatic heterocycles. The Balaban J connectivity index is 1.61. The maximum Gasteiger partial charge on any atom is 0.287 e. The second-order valence-corrected chi connectivity index (χ2v) is 5.34. The van der Waals surface area contributed by atoms with E-state index in [0.29, 0.717) is 24.7 Å². The van der Waals surface area contributed by atoms with Crippen LogP contribution in [-0.4, -0.2) is 19.6 Å². The highest BCUT2D eigenvalue weighted by Gasteiger charge is 2.10. The van der Waals surface area contributed by atoms with Gasteiger partial charge in [-0.2, -0.15) is 0 Å². The lowest BCUT2D eigenvalue weighted by molar-refractivity contribution is 0.0917. The summed E-state index contributed by atoms with van der Waals surface area (Å²) < 4.78 is 10.4. The Morgan fingerprint density at radius 3 is 2.78 bits per heavy atom. The first-order valence-corrected chi connectivity index (χ1v) is 7.60. The standard InChI is InChI=1S/C19H19NO3/c1-22-13-16-9-10-18(23-16)19(21)20-12-11-15-7-4-6-14-5-2-3-8-17(14)15/h2-10H,11-13H2,1H3,(H,20,21). The van der Waals surface area contributed by atoms with E-state index in [9.17, 15) is 4.79 Å². The van der Waals surface area contributed by atoms with Crippen molar-refractivity contribution in [3.05, 3.63) is 71.7 Å². The van der Waals surface area contributed by atoms with Crippen molar-refractivity contribution < 1.29 is 13.9 Å². The molecule has 0 spiro atoms. The molecule has 1 N–H and O–H groups in total. The van der Waals surface area contributed by atoms with Crippen molar-refractivity contribution in [1.82, 2.24) is 5.32 Å². The van der Waals surface area contributed by atoms with Gasteiger partial charge in [-0.3, -0.25) is 4.79 Å². The van der Waals surface area contributed by atoms with Crippen molar-refractivity contribution in [3.8, 4) is 0 Å². The summed E-state index contributed by atoms with van der Waals surface area (Å²) in [5.74, 6) is 0.759. The topological polar surface area (TPSA) is 51.5 Å². The SMILES string of the molecule is COCc1ccc(C(=O)NCCc2cccc3ccccc23)o1. The molecule has 2 aromatic carbocycles. The van der Waals surface area contributed by atoms with E-state index in [-0.39, 0.29) is 5.91 Å². The molecule has 4 heteroatoms. The van der Waals surface area contributed by atoms with Crippen LogP contribution in [0.2, 0.25) is 0 Å². The second kappa shape index (κ2) is 7.11. The molecule has 4 nitrogen and oxygen atoms in total. The summed E-state index contributed by atoms with van der Waals surface area (Å²) in [6.07, 6.45) is 0.777. The highest BCUT2D eigenvalue weighted by Crippen LogP contribution is 2.18. The number of nitrogens with one attached hydrogen (secondary N) is 1. The van der Waals surface area contributed by atoms with Crippen molar-refractivity contribution in [2.45, 2.75) is 13.0 Å². The van der Waals surface area contributed by atoms with E-state index >= 15 is 0 Å². The quantitative estimate of drug-likeness (QED) is 0.757. The summed E-state index contributed by atoms with van der Waals surface area (Å²) >= 11 is 0. The van der Waals surface area contributed by atoms with Gasteiger partial charge in [0.25, 0.3) is 5.91 Å². The first kappa shape index (κ1) is 15.3. The third-order valence-electron chi connectivity index (χ3n) is 3.73. The minimum absolute atomic E-state index is 0.201. The third-order valence-corrected chi connectivity index (χ3v) is 3.73. The van der Waals surface area contributed by atoms with Crippen LogP contribution in [0.25, 0.3) is 10.8 Å². The normalized spacial score (nSPS) is 10.8. The lowest BCUT2D eigenvalue weighted by atomic mass is 10.0. The van der Waals surface area contributed by atoms with Crippen molar-refractivity contribution in [3.63, 3.8) is 0 Å². The van der Waals surface area contributed by atoms with Crippen LogP contribution in [0.3, 0.4) is 0 Å². The number of hydrogen-bond acceptors (Lipinski definition) is 3. The van der Waals surface area contributed by atoms with Crippen LogP contribution in [0, 0.1) is 0 Å². The molecule has 0 unspecified atom stereocenters. The summed E-state index contributed by atoms with van der Waals surface area (Å²) in [5.41, 5.74) is 1.22. The fourth-order valence-electron chi connectivity index (χ4n) is 2.63. The number of furan rings is 1. The van der Waals surface area contributed by atoms with Gasteiger partial charge in [0, 0.05) is 13.7 Å². The molecule has 0 fully saturated rings. The van der Waals surface area contributed by atoms with Gasteiger partial charge in [-0.25, -0.2) is 0 Å². The van der Waals surface area contributed by atoms with Crippen LogP contribution in [0.1, 0.15) is 21.9 Å². The molecule has 1 amide bonds. The molecule has 0 aliphatic rings. The van der Waals surface area contributed by atoms with Crippen molar-refractivity contribution >= 4 is 16.7 Å². The van der Waals surface area contributed by atoms with Crippen LogP contribution in [0.4, 0.5) is 0 Å². The minimum atomic E-state index is -0.201. The maximum atomic E-state index is 12.1. The van der Waals surface area contributed by atoms with Crippen LogP contribution in [-0.2, 0) is 17.8 Å². The van der Waals surface area contributed by atoms with Gasteiger partial charge in [0.1, 0.15) is 12.4 Å². The zero-order valence-electron chi connectivity index (χ0n) is 13.0. The number of fused-ring (bicyclic) bond motifs is 1. The Kier molecular flexibility index (Phi) is 4.74. The highest BCUT2D eigenvalue weighted by atomic mass is 16.5. The molecule has 0 saturated carbocycles. The average molecular weight is 309 g/mol. The van der Waals surface area contributed by atoms with Gasteiger partial charge in [0.2, 0.25) is 0 Å². The first-order chi connectivity index (χ1) is 11.3. The predicted molar refractivity (Wildman–Crippen MR) is 89.4 cm³/mol. The van der Waals surface area contributed by atoms with E-state index < -0.39 is 0 Å². The predicted octanol–water partition coefficient (Wildman–Crippen LogP) is 3.55. The van der Waals surface area contributed by atoms with Gasteiger partial charge in [-0.05, 0) is 34.9 Å². The maximum absolute atomic E-state index is 12.1. The first-order valence-electron chi connectivity index (χ1n) is 7.60. The van der Waals surface area contributed by atoms with Crippen LogP contribution < -0.4 is 5.32 Å². The summed E-state index contributed by atoms with van der Waals surface area (Å²) in [5, 5.41) is 5.33. The number of rotatable bonds is 6. The monoisotopic (exact) mass is 309 g/mol. The number of carbonyl (C=O) groups is 1. The average Bonchev–Trinajstić information content (AvgIpc) is 3.04. The van der Waals surface area contributed by atoms with Crippen LogP contribution >= 0.6 is 0 Å². The van der Waals surface area contributed by atoms with Gasteiger partial charge in [-0.1, -0.05) is 42.5 Å². The zero-order chi connectivity index (χ0) is 16.1. The highest BCUT2D eigenvalue weighted by molar-refractivity contribution is 5.91. The smallest absolute Gasteiger partial charge is 0.287 e. The number of carbonyl (C=O) groups excluding carboxylic acids is 1. The van der Waals surface area contributed by atoms with Crippen molar-refractivity contribution in [2.24, 2.45) is 0 Å². The van der Waals surface area contributed by atoms with Crippen molar-refractivity contribution in [2.75, 3.05) is 13.7 Å². The second-order valence-electron chi connectivity index (χ2n) is 5.34. The van der Waals surface area contributed by atoms with E-state index in [1.165, 1.54) is 16.3 Å². The lowest BCUT2D eigenvalue weighted by Gasteiger charge is -2.07. The summed E-state index contributed by atoms with van der Waals surface area (Å²) in [7, 11) is 1.59. The van der Waals surface area contributed by atoms with E-state index in [1.54, 1.807) is 19.2 Å². The zero-order valence-corrected chi connectivity index (χ0v) is 13.0. The molecule has 0 saturated heterocycles. The van der Waals surface area contributed by atoms with E-state index in [1.807, 2.05) is 18.2 Å². The molecule has 23 heavy (non-hydrogen) atoms. The van der Waals surface area contributed by atoms with Gasteiger partial charge >= 0.3 is 0 Å². The Labute approximate surface area is 135 Å². The molecule has 3 aromatic rings. The molecule has 0 radical (unpaired) electrons. The third kappa shape index (κ3) is 3.60. The van der Waals surface area contributed by atoms with E-state index in [4.69, 9.17) is 9.15 Å². The molecule has 1 aromatic heterocycles. The Hall–Kier alpha value is -2.59. The van der Waals surface area contributed by atoms with Gasteiger partial charge in [-0.15, -0.1) is 0 Å². The largest absolute Gasteiger partial charge is 0.453 e. The summed E-state index contributed by atoms with van der Waals surface area (Å²) in [4.78, 5) is 12.1. The fraction of sp³-hybridized carbons (Fsp3) is 0.211. The number of methoxy groups -OCH3 is 1. The molecular weight excluding hydrogens is 290 g/mol. The van der Waals surface area contributed by atoms with Gasteiger partial charge < -0.3 is 14.5 Å². The minimum Gasteiger partial charge on any atom is -0.453 e. The number of ether oxygens (including phenoxy) is 1. The summed E-state index contributed by atoms with van der Waals surface area (Å²) in [6.45, 7) is 0.927. The molecule has 3 rings (SSSR count). The van der Waals surface area contributed by atoms with Crippen LogP contribution in [0.15, 0.2) is 59.0 Å². The van der Waals surface area contributed by atoms with Crippen LogP contribution in [0.5, 0.6) is 0 Å². The Bertz CT molecular complexity index is 802. The molecule has 118 valence electrons. The summed E-state index contributed by atoms with van der Waals surface area (Å²) in [6, 6.07) is 17.9. The Morgan fingerprint density at radius 2 is 1.91 bits per heavy atom. The van der Waals surface area contributed by atoms with Gasteiger partial charge in [0.05, 0.1) is 0 Å². The Morgan fingerprint density at radius 1 is 1.09 bits per heavy atom. The fourth-order valence-corrected chi connectivity index (χ4v) is 2.63. The van der Waals surface area contributed by atoms with Crippen molar-refractivity contribution in [1.29, 1.82) is 0 Å². The van der Waals surface area contributed by atoms with E-state index in [2.05, 4.69) is 29.6 Å². The molecular formula is C19H19NO3. The van der Waals surface area contributed by atoms with Gasteiger partial charge in [0.15, 0.2) is 5.76 Å². The molecule has 1 heterocycles. The number of hydrogen-bond donors (Lipinski definition) is 1. The number of benzene rings is 2. The molecule has 0 atom stereocenters.